The van der Waals surface area contributed by atoms with Gasteiger partial charge in [-0.3, -0.25) is 0 Å². The third-order valence-corrected chi connectivity index (χ3v) is 4.30. The summed E-state index contributed by atoms with van der Waals surface area (Å²) < 4.78 is 5.71. The van der Waals surface area contributed by atoms with Gasteiger partial charge in [0.05, 0.1) is 6.10 Å². The number of hydrogen-bond donors (Lipinski definition) is 1. The van der Waals surface area contributed by atoms with Gasteiger partial charge < -0.3 is 15.0 Å². The van der Waals surface area contributed by atoms with Crippen molar-refractivity contribution in [2.45, 2.75) is 45.8 Å². The summed E-state index contributed by atoms with van der Waals surface area (Å²) in [4.78, 5) is 2.37. The second kappa shape index (κ2) is 8.02. The number of rotatable bonds is 5. The van der Waals surface area contributed by atoms with E-state index < -0.39 is 0 Å². The van der Waals surface area contributed by atoms with Crippen molar-refractivity contribution in [3.8, 4) is 0 Å². The molecular formula is C17H27ClN2O. The number of nitrogens with zero attached hydrogens (tertiary/aromatic N) is 1. The first-order chi connectivity index (χ1) is 10.1. The Labute approximate surface area is 133 Å². The fourth-order valence-corrected chi connectivity index (χ4v) is 3.10. The van der Waals surface area contributed by atoms with Crippen LogP contribution in [0, 0.1) is 0 Å². The zero-order valence-electron chi connectivity index (χ0n) is 13.4. The van der Waals surface area contributed by atoms with E-state index in [0.29, 0.717) is 0 Å². The predicted molar refractivity (Wildman–Crippen MR) is 90.4 cm³/mol. The number of anilines is 1. The van der Waals surface area contributed by atoms with Crippen molar-refractivity contribution in [3.05, 3.63) is 28.8 Å². The smallest absolute Gasteiger partial charge is 0.0721 e. The molecule has 1 aromatic rings. The van der Waals surface area contributed by atoms with Gasteiger partial charge in [-0.1, -0.05) is 24.6 Å². The quantitative estimate of drug-likeness (QED) is 0.889. The molecule has 2 atom stereocenters. The number of ether oxygens (including phenoxy) is 1. The molecule has 4 heteroatoms. The standard InChI is InChI=1S/C17H27ClN2O/c1-4-8-19-14(3)16-7-6-15(11-17(16)18)20-9-5-10-21-13(2)12-20/h6-7,11,13-14,19H,4-5,8-10,12H2,1-3H3. The van der Waals surface area contributed by atoms with Gasteiger partial charge in [-0.2, -0.15) is 0 Å². The molecule has 2 unspecified atom stereocenters. The lowest BCUT2D eigenvalue weighted by Crippen LogP contribution is -2.30. The molecule has 0 radical (unpaired) electrons. The average Bonchev–Trinajstić information content (AvgIpc) is 2.69. The lowest BCUT2D eigenvalue weighted by Gasteiger charge is -2.25. The van der Waals surface area contributed by atoms with Crippen molar-refractivity contribution in [2.75, 3.05) is 31.1 Å². The molecule has 0 bridgehead atoms. The van der Waals surface area contributed by atoms with Crippen molar-refractivity contribution in [3.63, 3.8) is 0 Å². The fourth-order valence-electron chi connectivity index (χ4n) is 2.76. The Morgan fingerprint density at radius 3 is 3.00 bits per heavy atom. The minimum atomic E-state index is 0.274. The molecule has 1 saturated heterocycles. The van der Waals surface area contributed by atoms with Crippen molar-refractivity contribution >= 4 is 17.3 Å². The third-order valence-electron chi connectivity index (χ3n) is 3.97. The van der Waals surface area contributed by atoms with E-state index in [1.807, 2.05) is 0 Å². The molecule has 1 fully saturated rings. The van der Waals surface area contributed by atoms with E-state index in [2.05, 4.69) is 49.2 Å². The van der Waals surface area contributed by atoms with Gasteiger partial charge in [0.1, 0.15) is 0 Å². The van der Waals surface area contributed by atoms with Crippen LogP contribution in [0.25, 0.3) is 0 Å². The van der Waals surface area contributed by atoms with Gasteiger partial charge in [0.25, 0.3) is 0 Å². The molecule has 1 heterocycles. The summed E-state index contributed by atoms with van der Waals surface area (Å²) in [5, 5.41) is 4.34. The maximum atomic E-state index is 6.50. The molecule has 0 aromatic heterocycles. The van der Waals surface area contributed by atoms with Crippen molar-refractivity contribution in [1.82, 2.24) is 5.32 Å². The predicted octanol–water partition coefficient (Wildman–Crippen LogP) is 4.02. The molecule has 0 saturated carbocycles. The number of halogens is 1. The number of benzene rings is 1. The van der Waals surface area contributed by atoms with E-state index in [1.165, 1.54) is 11.3 Å². The first-order valence-corrected chi connectivity index (χ1v) is 8.39. The monoisotopic (exact) mass is 310 g/mol. The Kier molecular flexibility index (Phi) is 6.34. The maximum Gasteiger partial charge on any atom is 0.0721 e. The molecule has 0 spiro atoms. The van der Waals surface area contributed by atoms with Crippen LogP contribution in [0.3, 0.4) is 0 Å². The zero-order valence-corrected chi connectivity index (χ0v) is 14.1. The third kappa shape index (κ3) is 4.60. The number of nitrogens with one attached hydrogen (secondary N) is 1. The summed E-state index contributed by atoms with van der Waals surface area (Å²) in [5.74, 6) is 0. The van der Waals surface area contributed by atoms with Gasteiger partial charge in [-0.15, -0.1) is 0 Å². The Balaban J connectivity index is 2.10. The highest BCUT2D eigenvalue weighted by Crippen LogP contribution is 2.28. The summed E-state index contributed by atoms with van der Waals surface area (Å²) in [6.45, 7) is 10.3. The highest BCUT2D eigenvalue weighted by atomic mass is 35.5. The van der Waals surface area contributed by atoms with E-state index in [1.54, 1.807) is 0 Å². The summed E-state index contributed by atoms with van der Waals surface area (Å²) in [6.07, 6.45) is 2.47. The largest absolute Gasteiger partial charge is 0.377 e. The van der Waals surface area contributed by atoms with Crippen molar-refractivity contribution in [1.29, 1.82) is 0 Å². The normalized spacial score (nSPS) is 21.1. The molecule has 118 valence electrons. The lowest BCUT2D eigenvalue weighted by molar-refractivity contribution is 0.0821. The van der Waals surface area contributed by atoms with Gasteiger partial charge in [-0.25, -0.2) is 0 Å². The van der Waals surface area contributed by atoms with E-state index in [-0.39, 0.29) is 12.1 Å². The number of hydrogen-bond acceptors (Lipinski definition) is 3. The van der Waals surface area contributed by atoms with Gasteiger partial charge in [-0.05, 0) is 50.9 Å². The van der Waals surface area contributed by atoms with E-state index in [4.69, 9.17) is 16.3 Å². The lowest BCUT2D eigenvalue weighted by atomic mass is 10.1. The van der Waals surface area contributed by atoms with Crippen LogP contribution in [0.2, 0.25) is 5.02 Å². The van der Waals surface area contributed by atoms with Gasteiger partial charge in [0, 0.05) is 36.4 Å². The summed E-state index contributed by atoms with van der Waals surface area (Å²) in [7, 11) is 0. The molecule has 0 amide bonds. The van der Waals surface area contributed by atoms with Gasteiger partial charge in [0.2, 0.25) is 0 Å². The van der Waals surface area contributed by atoms with Crippen LogP contribution in [0.15, 0.2) is 18.2 Å². The molecule has 2 rings (SSSR count). The molecule has 3 nitrogen and oxygen atoms in total. The molecule has 1 aliphatic heterocycles. The van der Waals surface area contributed by atoms with Crippen molar-refractivity contribution < 1.29 is 4.74 Å². The Morgan fingerprint density at radius 1 is 1.48 bits per heavy atom. The topological polar surface area (TPSA) is 24.5 Å². The highest BCUT2D eigenvalue weighted by Gasteiger charge is 2.17. The fraction of sp³-hybridized carbons (Fsp3) is 0.647. The molecule has 1 aromatic carbocycles. The molecule has 0 aliphatic carbocycles. The Morgan fingerprint density at radius 2 is 2.29 bits per heavy atom. The zero-order chi connectivity index (χ0) is 15.2. The van der Waals surface area contributed by atoms with Crippen LogP contribution in [-0.4, -0.2) is 32.3 Å². The second-order valence-electron chi connectivity index (χ2n) is 5.86. The Hall–Kier alpha value is -0.770. The van der Waals surface area contributed by atoms with Crippen molar-refractivity contribution in [2.24, 2.45) is 0 Å². The minimum Gasteiger partial charge on any atom is -0.377 e. The first-order valence-electron chi connectivity index (χ1n) is 8.01. The van der Waals surface area contributed by atoms with Crippen LogP contribution in [0.1, 0.15) is 45.2 Å². The van der Waals surface area contributed by atoms with Crippen LogP contribution in [-0.2, 0) is 4.74 Å². The van der Waals surface area contributed by atoms with E-state index in [9.17, 15) is 0 Å². The minimum absolute atomic E-state index is 0.274. The Bertz CT molecular complexity index is 452. The molecule has 1 aliphatic rings. The van der Waals surface area contributed by atoms with Crippen LogP contribution in [0.4, 0.5) is 5.69 Å². The van der Waals surface area contributed by atoms with Gasteiger partial charge >= 0.3 is 0 Å². The average molecular weight is 311 g/mol. The molecule has 1 N–H and O–H groups in total. The summed E-state index contributed by atoms with van der Waals surface area (Å²) in [5.41, 5.74) is 2.37. The van der Waals surface area contributed by atoms with E-state index >= 15 is 0 Å². The highest BCUT2D eigenvalue weighted by molar-refractivity contribution is 6.31. The second-order valence-corrected chi connectivity index (χ2v) is 6.27. The van der Waals surface area contributed by atoms with Gasteiger partial charge in [0.15, 0.2) is 0 Å². The van der Waals surface area contributed by atoms with E-state index in [0.717, 1.165) is 44.1 Å². The summed E-state index contributed by atoms with van der Waals surface area (Å²) in [6, 6.07) is 6.72. The van der Waals surface area contributed by atoms with Crippen LogP contribution >= 0.6 is 11.6 Å². The maximum absolute atomic E-state index is 6.50. The molecule has 21 heavy (non-hydrogen) atoms. The van der Waals surface area contributed by atoms with Crippen LogP contribution < -0.4 is 10.2 Å². The van der Waals surface area contributed by atoms with Crippen LogP contribution in [0.5, 0.6) is 0 Å². The SMILES string of the molecule is CCCNC(C)c1ccc(N2CCCOC(C)C2)cc1Cl. The molecular weight excluding hydrogens is 284 g/mol. The first kappa shape index (κ1) is 16.6. The summed E-state index contributed by atoms with van der Waals surface area (Å²) >= 11 is 6.50.